The van der Waals surface area contributed by atoms with Crippen molar-refractivity contribution in [3.63, 3.8) is 0 Å². The molecule has 2 aromatic heterocycles. The topological polar surface area (TPSA) is 82.1 Å². The maximum absolute atomic E-state index is 13.4. The van der Waals surface area contributed by atoms with Gasteiger partial charge in [0.2, 0.25) is 5.91 Å². The molecule has 0 saturated carbocycles. The molecule has 1 aromatic carbocycles. The maximum Gasteiger partial charge on any atom is 0.332 e. The van der Waals surface area contributed by atoms with E-state index in [0.717, 1.165) is 36.1 Å². The Morgan fingerprint density at radius 3 is 2.59 bits per heavy atom. The molecular weight excluding hydrogens is 433 g/mol. The Morgan fingerprint density at radius 1 is 1.19 bits per heavy atom. The van der Waals surface area contributed by atoms with Crippen molar-refractivity contribution in [3.05, 3.63) is 56.5 Å². The van der Waals surface area contributed by atoms with Crippen molar-refractivity contribution >= 4 is 28.8 Å². The second kappa shape index (κ2) is 8.93. The summed E-state index contributed by atoms with van der Waals surface area (Å²) in [5, 5.41) is 0.473. The highest BCUT2D eigenvalue weighted by Gasteiger charge is 2.24. The lowest BCUT2D eigenvalue weighted by Crippen LogP contribution is -2.40. The van der Waals surface area contributed by atoms with Crippen LogP contribution >= 0.6 is 11.8 Å². The number of aromatic nitrogens is 4. The number of amides is 1. The average Bonchev–Trinajstić information content (AvgIpc) is 3.14. The molecule has 0 N–H and O–H groups in total. The Morgan fingerprint density at radius 2 is 1.91 bits per heavy atom. The molecule has 8 nitrogen and oxygen atoms in total. The van der Waals surface area contributed by atoms with Crippen LogP contribution in [0.4, 0.5) is 4.39 Å². The Bertz CT molecular complexity index is 1280. The molecular formula is C22H26FN5O3S. The number of hydrogen-bond acceptors (Lipinski definition) is 5. The van der Waals surface area contributed by atoms with Crippen LogP contribution in [0.15, 0.2) is 39.0 Å². The molecule has 1 aliphatic rings. The van der Waals surface area contributed by atoms with Gasteiger partial charge in [-0.05, 0) is 36.5 Å². The number of thioether (sulfide) groups is 1. The van der Waals surface area contributed by atoms with E-state index in [2.05, 4.69) is 11.9 Å². The van der Waals surface area contributed by atoms with E-state index in [0.29, 0.717) is 11.1 Å². The predicted molar refractivity (Wildman–Crippen MR) is 121 cm³/mol. The molecule has 0 unspecified atom stereocenters. The minimum Gasteiger partial charge on any atom is -0.342 e. The van der Waals surface area contributed by atoms with Gasteiger partial charge in [-0.2, -0.15) is 0 Å². The molecule has 1 amide bonds. The minimum absolute atomic E-state index is 0.0312. The summed E-state index contributed by atoms with van der Waals surface area (Å²) in [5.41, 5.74) is 0.395. The number of carbonyl (C=O) groups excluding carboxylic acids is 1. The zero-order valence-electron chi connectivity index (χ0n) is 18.4. The fraction of sp³-hybridized carbons (Fsp3) is 0.455. The number of rotatable bonds is 5. The number of likely N-dealkylation sites (tertiary alicyclic amines) is 1. The van der Waals surface area contributed by atoms with E-state index in [4.69, 9.17) is 0 Å². The van der Waals surface area contributed by atoms with Gasteiger partial charge in [0.1, 0.15) is 5.82 Å². The van der Waals surface area contributed by atoms with Crippen LogP contribution in [0.5, 0.6) is 0 Å². The molecule has 1 saturated heterocycles. The molecule has 170 valence electrons. The van der Waals surface area contributed by atoms with Gasteiger partial charge in [-0.15, -0.1) is 0 Å². The molecule has 0 aliphatic carbocycles. The fourth-order valence-electron chi connectivity index (χ4n) is 4.09. The van der Waals surface area contributed by atoms with Gasteiger partial charge in [0.25, 0.3) is 5.56 Å². The van der Waals surface area contributed by atoms with E-state index < -0.39 is 11.2 Å². The number of fused-ring (bicyclic) bond motifs is 1. The number of benzene rings is 1. The first-order valence-corrected chi connectivity index (χ1v) is 11.6. The number of aryl methyl sites for hydroxylation is 1. The van der Waals surface area contributed by atoms with E-state index in [1.807, 2.05) is 4.90 Å². The molecule has 32 heavy (non-hydrogen) atoms. The average molecular weight is 460 g/mol. The van der Waals surface area contributed by atoms with Crippen LogP contribution in [0.1, 0.15) is 25.3 Å². The van der Waals surface area contributed by atoms with Crippen LogP contribution in [0.25, 0.3) is 11.2 Å². The highest BCUT2D eigenvalue weighted by molar-refractivity contribution is 7.99. The normalized spacial score (nSPS) is 16.6. The van der Waals surface area contributed by atoms with Crippen molar-refractivity contribution in [2.45, 2.75) is 31.5 Å². The molecule has 4 rings (SSSR count). The zero-order valence-corrected chi connectivity index (χ0v) is 19.2. The maximum atomic E-state index is 13.4. The summed E-state index contributed by atoms with van der Waals surface area (Å²) in [6, 6.07) is 6.00. The van der Waals surface area contributed by atoms with Crippen molar-refractivity contribution in [1.29, 1.82) is 0 Å². The van der Waals surface area contributed by atoms with E-state index >= 15 is 0 Å². The lowest BCUT2D eigenvalue weighted by atomic mass is 10.0. The highest BCUT2D eigenvalue weighted by Crippen LogP contribution is 2.24. The molecule has 0 radical (unpaired) electrons. The van der Waals surface area contributed by atoms with Crippen LogP contribution in [-0.2, 0) is 25.4 Å². The van der Waals surface area contributed by atoms with Gasteiger partial charge in [0.05, 0.1) is 12.3 Å². The van der Waals surface area contributed by atoms with Gasteiger partial charge in [0.15, 0.2) is 16.3 Å². The van der Waals surface area contributed by atoms with Gasteiger partial charge >= 0.3 is 5.69 Å². The van der Waals surface area contributed by atoms with Gasteiger partial charge in [0, 0.05) is 27.2 Å². The number of nitrogens with zero attached hydrogens (tertiary/aromatic N) is 5. The lowest BCUT2D eigenvalue weighted by molar-refractivity contribution is -0.130. The van der Waals surface area contributed by atoms with E-state index in [1.54, 1.807) is 23.7 Å². The second-order valence-electron chi connectivity index (χ2n) is 8.36. The molecule has 3 aromatic rings. The number of hydrogen-bond donors (Lipinski definition) is 0. The van der Waals surface area contributed by atoms with Gasteiger partial charge in [-0.3, -0.25) is 18.7 Å². The summed E-state index contributed by atoms with van der Waals surface area (Å²) in [4.78, 5) is 44.6. The highest BCUT2D eigenvalue weighted by atomic mass is 32.2. The smallest absolute Gasteiger partial charge is 0.332 e. The first-order chi connectivity index (χ1) is 15.3. The van der Waals surface area contributed by atoms with E-state index in [1.165, 1.54) is 35.5 Å². The largest absolute Gasteiger partial charge is 0.342 e. The van der Waals surface area contributed by atoms with Crippen molar-refractivity contribution < 1.29 is 9.18 Å². The summed E-state index contributed by atoms with van der Waals surface area (Å²) in [7, 11) is 2.99. The van der Waals surface area contributed by atoms with Crippen molar-refractivity contribution in [2.24, 2.45) is 20.0 Å². The minimum atomic E-state index is -0.469. The van der Waals surface area contributed by atoms with Crippen LogP contribution in [0.2, 0.25) is 0 Å². The number of carbonyl (C=O) groups is 1. The van der Waals surface area contributed by atoms with Gasteiger partial charge < -0.3 is 9.47 Å². The Kier molecular flexibility index (Phi) is 6.23. The van der Waals surface area contributed by atoms with Crippen LogP contribution in [-0.4, -0.2) is 48.3 Å². The Labute approximate surface area is 188 Å². The summed E-state index contributed by atoms with van der Waals surface area (Å²) in [6.07, 6.45) is 2.13. The SMILES string of the molecule is C[C@@H]1CCCN(C(=O)CSc2nc3c(c(=O)n(C)c(=O)n3C)n2Cc2ccc(F)cc2)C1. The number of imidazole rings is 1. The Balaban J connectivity index is 1.72. The molecule has 10 heteroatoms. The molecule has 0 spiro atoms. The van der Waals surface area contributed by atoms with E-state index in [-0.39, 0.29) is 35.2 Å². The first kappa shape index (κ1) is 22.3. The fourth-order valence-corrected chi connectivity index (χ4v) is 4.99. The summed E-state index contributed by atoms with van der Waals surface area (Å²) in [5.74, 6) is 0.355. The summed E-state index contributed by atoms with van der Waals surface area (Å²) < 4.78 is 17.4. The van der Waals surface area contributed by atoms with Crippen molar-refractivity contribution in [3.8, 4) is 0 Å². The Hall–Kier alpha value is -2.88. The molecule has 1 fully saturated rings. The standard InChI is InChI=1S/C22H26FN5O3S/c1-14-5-4-10-27(11-14)17(29)13-32-21-24-19-18(20(30)26(3)22(31)25(19)2)28(21)12-15-6-8-16(23)9-7-15/h6-9,14H,4-5,10-13H2,1-3H3/t14-/m1/s1. The quantitative estimate of drug-likeness (QED) is 0.545. The van der Waals surface area contributed by atoms with Crippen LogP contribution in [0.3, 0.4) is 0 Å². The van der Waals surface area contributed by atoms with E-state index in [9.17, 15) is 18.8 Å². The predicted octanol–water partition coefficient (Wildman–Crippen LogP) is 1.97. The third-order valence-corrected chi connectivity index (χ3v) is 6.86. The molecule has 0 bridgehead atoms. The third-order valence-electron chi connectivity index (χ3n) is 5.90. The summed E-state index contributed by atoms with van der Waals surface area (Å²) in [6.45, 7) is 3.91. The first-order valence-electron chi connectivity index (χ1n) is 10.6. The van der Waals surface area contributed by atoms with Gasteiger partial charge in [-0.25, -0.2) is 14.2 Å². The monoisotopic (exact) mass is 459 g/mol. The number of piperidine rings is 1. The van der Waals surface area contributed by atoms with Gasteiger partial charge in [-0.1, -0.05) is 30.8 Å². The van der Waals surface area contributed by atoms with Crippen molar-refractivity contribution in [2.75, 3.05) is 18.8 Å². The second-order valence-corrected chi connectivity index (χ2v) is 9.30. The zero-order chi connectivity index (χ0) is 23.0. The molecule has 1 atom stereocenters. The van der Waals surface area contributed by atoms with Crippen LogP contribution in [0, 0.1) is 11.7 Å². The van der Waals surface area contributed by atoms with Crippen LogP contribution < -0.4 is 11.2 Å². The van der Waals surface area contributed by atoms with Crippen molar-refractivity contribution in [1.82, 2.24) is 23.6 Å². The molecule has 1 aliphatic heterocycles. The third kappa shape index (κ3) is 4.23. The number of halogens is 1. The molecule has 3 heterocycles. The lowest BCUT2D eigenvalue weighted by Gasteiger charge is -2.30. The summed E-state index contributed by atoms with van der Waals surface area (Å²) >= 11 is 1.25.